The molecule has 129 valence electrons. The van der Waals surface area contributed by atoms with Crippen LogP contribution in [-0.4, -0.2) is 19.8 Å². The van der Waals surface area contributed by atoms with Crippen LogP contribution in [0.25, 0.3) is 0 Å². The van der Waals surface area contributed by atoms with Crippen LogP contribution in [0.1, 0.15) is 81.0 Å². The molecule has 0 fully saturated rings. The molecule has 0 unspecified atom stereocenters. The van der Waals surface area contributed by atoms with E-state index < -0.39 is 19.8 Å². The summed E-state index contributed by atoms with van der Waals surface area (Å²) in [6.45, 7) is 15.9. The molecular weight excluding hydrogens is 390 g/mol. The normalized spacial score (nSPS) is 10.7. The Balaban J connectivity index is 0.000000425. The van der Waals surface area contributed by atoms with E-state index >= 15 is 0 Å². The maximum atomic E-state index is 2.33. The fourth-order valence-electron chi connectivity index (χ4n) is 2.69. The smallest absolute Gasteiger partial charge is 0.0310 e. The summed E-state index contributed by atoms with van der Waals surface area (Å²) >= 11 is -0.839. The summed E-state index contributed by atoms with van der Waals surface area (Å²) in [6, 6.07) is 0. The van der Waals surface area contributed by atoms with E-state index in [2.05, 4.69) is 48.5 Å². The molecule has 1 heterocycles. The third kappa shape index (κ3) is 9.66. The standard InChI is InChI=1S/C8H13P.3C4H9.Sn/c1-5-6(2)8(4)9-7(5)3;3*1-3-4-2;/h9H,1-4H3;3*1,3-4H2,2H3;. The Morgan fingerprint density at radius 1 is 0.636 bits per heavy atom. The molecule has 0 amide bonds. The van der Waals surface area contributed by atoms with Gasteiger partial charge in [0, 0.05) is 0 Å². The van der Waals surface area contributed by atoms with Crippen LogP contribution < -0.4 is 0 Å². The predicted octanol–water partition coefficient (Wildman–Crippen LogP) is 7.83. The first-order valence-electron chi connectivity index (χ1n) is 9.43. The van der Waals surface area contributed by atoms with E-state index in [-0.39, 0.29) is 0 Å². The zero-order valence-corrected chi connectivity index (χ0v) is 20.2. The van der Waals surface area contributed by atoms with Crippen LogP contribution in [0, 0.1) is 27.7 Å². The molecule has 1 aromatic rings. The van der Waals surface area contributed by atoms with Gasteiger partial charge in [0.1, 0.15) is 0 Å². The van der Waals surface area contributed by atoms with Gasteiger partial charge in [-0.3, -0.25) is 0 Å². The van der Waals surface area contributed by atoms with E-state index in [1.807, 2.05) is 0 Å². The topological polar surface area (TPSA) is 0 Å². The fourth-order valence-corrected chi connectivity index (χ4v) is 13.4. The van der Waals surface area contributed by atoms with Crippen molar-refractivity contribution in [1.82, 2.24) is 0 Å². The SMILES string of the molecule is CCC[CH2][Sn]([CH2]CCC)[CH2]CCC.Cc1[pH]c(C)c(C)c1C. The molecule has 0 N–H and O–H groups in total. The van der Waals surface area contributed by atoms with Crippen LogP contribution in [0.15, 0.2) is 0 Å². The van der Waals surface area contributed by atoms with E-state index in [1.54, 1.807) is 23.9 Å². The van der Waals surface area contributed by atoms with E-state index in [4.69, 9.17) is 0 Å². The van der Waals surface area contributed by atoms with Crippen molar-refractivity contribution < 1.29 is 0 Å². The van der Waals surface area contributed by atoms with Gasteiger partial charge in [-0.15, -0.1) is 8.19 Å². The minimum atomic E-state index is -0.839. The minimum Gasteiger partial charge on any atom is -0.133 e. The number of aryl methyl sites for hydroxylation is 2. The van der Waals surface area contributed by atoms with Crippen LogP contribution in [0.5, 0.6) is 0 Å². The molecule has 0 nitrogen and oxygen atoms in total. The molecule has 0 saturated carbocycles. The third-order valence-corrected chi connectivity index (χ3v) is 15.3. The summed E-state index contributed by atoms with van der Waals surface area (Å²) in [6.07, 6.45) is 8.85. The quantitative estimate of drug-likeness (QED) is 0.350. The second kappa shape index (κ2) is 14.0. The average molecular weight is 430 g/mol. The first-order valence-corrected chi connectivity index (χ1v) is 16.5. The van der Waals surface area contributed by atoms with Gasteiger partial charge in [0.25, 0.3) is 0 Å². The van der Waals surface area contributed by atoms with Crippen LogP contribution >= 0.6 is 8.19 Å². The van der Waals surface area contributed by atoms with Crippen molar-refractivity contribution in [1.29, 1.82) is 0 Å². The van der Waals surface area contributed by atoms with E-state index in [0.717, 1.165) is 8.19 Å². The Kier molecular flexibility index (Phi) is 14.3. The fraction of sp³-hybridized carbons (Fsp3) is 0.800. The van der Waals surface area contributed by atoms with Crippen LogP contribution in [0.4, 0.5) is 0 Å². The van der Waals surface area contributed by atoms with Crippen molar-refractivity contribution in [3.8, 4) is 0 Å². The largest absolute Gasteiger partial charge is 0.133 e. The minimum absolute atomic E-state index is 0.839. The Labute approximate surface area is 149 Å². The van der Waals surface area contributed by atoms with E-state index in [0.29, 0.717) is 0 Å². The summed E-state index contributed by atoms with van der Waals surface area (Å²) in [5.74, 6) is 0. The van der Waals surface area contributed by atoms with E-state index in [1.165, 1.54) is 49.7 Å². The summed E-state index contributed by atoms with van der Waals surface area (Å²) in [7, 11) is 0.976. The molecule has 1 aromatic heterocycles. The molecule has 22 heavy (non-hydrogen) atoms. The zero-order valence-electron chi connectivity index (χ0n) is 16.4. The summed E-state index contributed by atoms with van der Waals surface area (Å²) in [5, 5.41) is 3.15. The molecule has 1 rings (SSSR count). The summed E-state index contributed by atoms with van der Waals surface area (Å²) in [5.41, 5.74) is 3.04. The van der Waals surface area contributed by atoms with Gasteiger partial charge in [-0.25, -0.2) is 0 Å². The molecule has 1 radical (unpaired) electrons. The molecule has 0 atom stereocenters. The maximum Gasteiger partial charge on any atom is -0.0310 e. The number of hydrogen-bond acceptors (Lipinski definition) is 0. The van der Waals surface area contributed by atoms with Gasteiger partial charge >= 0.3 is 92.4 Å². The van der Waals surface area contributed by atoms with Gasteiger partial charge in [0.15, 0.2) is 0 Å². The Bertz CT molecular complexity index is 340. The van der Waals surface area contributed by atoms with Crippen molar-refractivity contribution in [2.75, 3.05) is 0 Å². The van der Waals surface area contributed by atoms with Gasteiger partial charge in [-0.1, -0.05) is 0 Å². The summed E-state index contributed by atoms with van der Waals surface area (Å²) < 4.78 is 5.04. The third-order valence-electron chi connectivity index (χ3n) is 4.71. The van der Waals surface area contributed by atoms with Crippen LogP contribution in [-0.2, 0) is 0 Å². The number of unbranched alkanes of at least 4 members (excludes halogenated alkanes) is 3. The Morgan fingerprint density at radius 3 is 1.14 bits per heavy atom. The molecule has 0 spiro atoms. The Hall–Kier alpha value is 0.579. The molecule has 2 heteroatoms. The first-order chi connectivity index (χ1) is 10.5. The average Bonchev–Trinajstić information content (AvgIpc) is 2.73. The second-order valence-electron chi connectivity index (χ2n) is 6.69. The molecule has 0 aromatic carbocycles. The second-order valence-corrected chi connectivity index (χ2v) is 17.0. The van der Waals surface area contributed by atoms with Crippen molar-refractivity contribution >= 4 is 28.0 Å². The van der Waals surface area contributed by atoms with Gasteiger partial charge < -0.3 is 0 Å². The monoisotopic (exact) mass is 431 g/mol. The van der Waals surface area contributed by atoms with Crippen LogP contribution in [0.3, 0.4) is 0 Å². The molecule has 0 bridgehead atoms. The molecular formula is C20H40PSn. The Morgan fingerprint density at radius 2 is 0.955 bits per heavy atom. The van der Waals surface area contributed by atoms with Crippen molar-refractivity contribution in [2.24, 2.45) is 0 Å². The van der Waals surface area contributed by atoms with Crippen molar-refractivity contribution in [2.45, 2.75) is 100 Å². The summed E-state index contributed by atoms with van der Waals surface area (Å²) in [4.78, 5) is 0. The number of rotatable bonds is 9. The van der Waals surface area contributed by atoms with Crippen molar-refractivity contribution in [3.63, 3.8) is 0 Å². The molecule has 0 saturated heterocycles. The van der Waals surface area contributed by atoms with E-state index in [9.17, 15) is 0 Å². The maximum absolute atomic E-state index is 2.33. The van der Waals surface area contributed by atoms with Crippen molar-refractivity contribution in [3.05, 3.63) is 21.7 Å². The molecule has 0 aliphatic heterocycles. The van der Waals surface area contributed by atoms with Crippen LogP contribution in [0.2, 0.25) is 13.3 Å². The number of hydrogen-bond donors (Lipinski definition) is 0. The molecule has 0 aliphatic rings. The van der Waals surface area contributed by atoms with Gasteiger partial charge in [-0.2, -0.15) is 0 Å². The van der Waals surface area contributed by atoms with Gasteiger partial charge in [-0.05, 0) is 49.4 Å². The first kappa shape index (κ1) is 22.6. The predicted molar refractivity (Wildman–Crippen MR) is 110 cm³/mol. The van der Waals surface area contributed by atoms with Gasteiger partial charge in [0.05, 0.1) is 0 Å². The zero-order chi connectivity index (χ0) is 17.0. The van der Waals surface area contributed by atoms with Gasteiger partial charge in [0.2, 0.25) is 0 Å². The molecule has 0 aliphatic carbocycles.